The first-order valence-electron chi connectivity index (χ1n) is 3.27. The van der Waals surface area contributed by atoms with Gasteiger partial charge in [0, 0.05) is 5.57 Å². The summed E-state index contributed by atoms with van der Waals surface area (Å²) in [5.74, 6) is -0.292. The Morgan fingerprint density at radius 3 is 2.40 bits per heavy atom. The first-order valence-corrected chi connectivity index (χ1v) is 3.27. The third-order valence-electron chi connectivity index (χ3n) is 1.51. The van der Waals surface area contributed by atoms with E-state index in [2.05, 4.69) is 6.58 Å². The highest BCUT2D eigenvalue weighted by atomic mass is 16.8. The zero-order valence-electron chi connectivity index (χ0n) is 6.39. The van der Waals surface area contributed by atoms with Crippen LogP contribution in [0.5, 0.6) is 0 Å². The maximum absolute atomic E-state index is 10.9. The van der Waals surface area contributed by atoms with Gasteiger partial charge in [-0.15, -0.1) is 4.65 Å². The molecule has 10 heavy (non-hydrogen) atoms. The fourth-order valence-electron chi connectivity index (χ4n) is 0.510. The Morgan fingerprint density at radius 1 is 1.60 bits per heavy atom. The molecule has 0 N–H and O–H groups in total. The van der Waals surface area contributed by atoms with Crippen molar-refractivity contribution in [2.75, 3.05) is 20.1 Å². The highest BCUT2D eigenvalue weighted by molar-refractivity contribution is 5.86. The number of likely N-dealkylation sites (N-methyl/N-ethyl adjacent to an activating group) is 1. The molecular formula is C7H12NO2+. The van der Waals surface area contributed by atoms with Crippen LogP contribution in [0.1, 0.15) is 6.92 Å². The zero-order valence-corrected chi connectivity index (χ0v) is 6.39. The van der Waals surface area contributed by atoms with Gasteiger partial charge < -0.3 is 0 Å². The second-order valence-electron chi connectivity index (χ2n) is 2.90. The van der Waals surface area contributed by atoms with Crippen molar-refractivity contribution in [3.05, 3.63) is 12.2 Å². The van der Waals surface area contributed by atoms with Gasteiger partial charge in [-0.25, -0.2) is 4.79 Å². The molecule has 0 aromatic rings. The van der Waals surface area contributed by atoms with Gasteiger partial charge in [-0.2, -0.15) is 0 Å². The Balaban J connectivity index is 2.39. The molecule has 1 aliphatic rings. The van der Waals surface area contributed by atoms with E-state index in [1.54, 1.807) is 6.92 Å². The van der Waals surface area contributed by atoms with Gasteiger partial charge in [0.2, 0.25) is 0 Å². The molecule has 0 radical (unpaired) electrons. The first kappa shape index (κ1) is 7.28. The molecule has 0 bridgehead atoms. The van der Waals surface area contributed by atoms with Crippen LogP contribution in [0.15, 0.2) is 12.2 Å². The van der Waals surface area contributed by atoms with Gasteiger partial charge in [0.05, 0.1) is 0 Å². The van der Waals surface area contributed by atoms with Crippen LogP contribution in [0, 0.1) is 0 Å². The number of carbonyl (C=O) groups is 1. The zero-order chi connectivity index (χ0) is 7.78. The van der Waals surface area contributed by atoms with Crippen molar-refractivity contribution < 1.29 is 14.3 Å². The van der Waals surface area contributed by atoms with Crippen molar-refractivity contribution in [2.45, 2.75) is 6.92 Å². The SMILES string of the molecule is C=C(C)C(=O)O[N+]1(C)CC1. The number of hydrogen-bond acceptors (Lipinski definition) is 2. The number of carbonyl (C=O) groups excluding carboxylic acids is 1. The smallest absolute Gasteiger partial charge is 0.271 e. The van der Waals surface area contributed by atoms with E-state index in [1.807, 2.05) is 7.05 Å². The fraction of sp³-hybridized carbons (Fsp3) is 0.571. The lowest BCUT2D eigenvalue weighted by molar-refractivity contribution is -0.968. The van der Waals surface area contributed by atoms with Crippen LogP contribution in [0.3, 0.4) is 0 Å². The van der Waals surface area contributed by atoms with Crippen molar-refractivity contribution in [2.24, 2.45) is 0 Å². The normalized spacial score (nSPS) is 19.8. The lowest BCUT2D eigenvalue weighted by Gasteiger charge is -2.08. The molecular weight excluding hydrogens is 130 g/mol. The summed E-state index contributed by atoms with van der Waals surface area (Å²) < 4.78 is 0.422. The van der Waals surface area contributed by atoms with Crippen molar-refractivity contribution in [1.82, 2.24) is 0 Å². The standard InChI is InChI=1S/C7H12NO2/c1-6(2)7(9)10-8(3)4-5-8/h1,4-5H2,2-3H3/q+1. The van der Waals surface area contributed by atoms with Gasteiger partial charge in [0.15, 0.2) is 13.1 Å². The minimum absolute atomic E-state index is 0.292. The minimum atomic E-state index is -0.292. The van der Waals surface area contributed by atoms with E-state index in [-0.39, 0.29) is 5.97 Å². The molecule has 1 saturated heterocycles. The third-order valence-corrected chi connectivity index (χ3v) is 1.51. The average molecular weight is 142 g/mol. The quantitative estimate of drug-likeness (QED) is 0.318. The molecule has 1 aliphatic heterocycles. The molecule has 0 aromatic heterocycles. The Morgan fingerprint density at radius 2 is 2.10 bits per heavy atom. The van der Waals surface area contributed by atoms with Gasteiger partial charge in [-0.1, -0.05) is 6.58 Å². The summed E-state index contributed by atoms with van der Waals surface area (Å²) in [4.78, 5) is 15.9. The molecule has 0 amide bonds. The number of quaternary nitrogens is 1. The molecule has 3 heteroatoms. The van der Waals surface area contributed by atoms with E-state index in [9.17, 15) is 4.79 Å². The average Bonchev–Trinajstić information content (AvgIpc) is 2.47. The first-order chi connectivity index (χ1) is 4.53. The lowest BCUT2D eigenvalue weighted by atomic mass is 10.4. The molecule has 0 unspecified atom stereocenters. The van der Waals surface area contributed by atoms with Crippen molar-refractivity contribution in [3.63, 3.8) is 0 Å². The summed E-state index contributed by atoms with van der Waals surface area (Å²) in [6.45, 7) is 6.99. The molecule has 56 valence electrons. The van der Waals surface area contributed by atoms with E-state index < -0.39 is 0 Å². The summed E-state index contributed by atoms with van der Waals surface area (Å²) >= 11 is 0. The molecule has 0 atom stereocenters. The van der Waals surface area contributed by atoms with Crippen LogP contribution in [-0.4, -0.2) is 30.8 Å². The maximum Gasteiger partial charge on any atom is 0.392 e. The fourth-order valence-corrected chi connectivity index (χ4v) is 0.510. The molecule has 0 aliphatic carbocycles. The van der Waals surface area contributed by atoms with Crippen LogP contribution in [0.4, 0.5) is 0 Å². The van der Waals surface area contributed by atoms with E-state index in [0.29, 0.717) is 10.2 Å². The Bertz CT molecular complexity index is 182. The van der Waals surface area contributed by atoms with Gasteiger partial charge in [0.1, 0.15) is 7.05 Å². The molecule has 1 heterocycles. The van der Waals surface area contributed by atoms with Gasteiger partial charge in [-0.3, -0.25) is 4.84 Å². The van der Waals surface area contributed by atoms with Gasteiger partial charge in [-0.05, 0) is 6.92 Å². The highest BCUT2D eigenvalue weighted by Crippen LogP contribution is 2.18. The predicted octanol–water partition coefficient (Wildman–Crippen LogP) is 0.481. The summed E-state index contributed by atoms with van der Waals surface area (Å²) in [5, 5.41) is 0. The lowest BCUT2D eigenvalue weighted by Crippen LogP contribution is -2.24. The number of nitrogens with zero attached hydrogens (tertiary/aromatic N) is 1. The second kappa shape index (κ2) is 2.09. The van der Waals surface area contributed by atoms with Crippen molar-refractivity contribution in [1.29, 1.82) is 0 Å². The molecule has 3 nitrogen and oxygen atoms in total. The van der Waals surface area contributed by atoms with Gasteiger partial charge >= 0.3 is 5.97 Å². The van der Waals surface area contributed by atoms with Crippen LogP contribution >= 0.6 is 0 Å². The van der Waals surface area contributed by atoms with Crippen LogP contribution in [0.2, 0.25) is 0 Å². The number of hydroxylamine groups is 3. The molecule has 0 spiro atoms. The van der Waals surface area contributed by atoms with Gasteiger partial charge in [0.25, 0.3) is 0 Å². The minimum Gasteiger partial charge on any atom is -0.271 e. The number of hydrogen-bond donors (Lipinski definition) is 0. The Hall–Kier alpha value is -0.830. The maximum atomic E-state index is 10.9. The summed E-state index contributed by atoms with van der Waals surface area (Å²) in [7, 11) is 1.88. The Labute approximate surface area is 60.4 Å². The highest BCUT2D eigenvalue weighted by Gasteiger charge is 2.43. The van der Waals surface area contributed by atoms with Crippen LogP contribution in [0.25, 0.3) is 0 Å². The molecule has 1 fully saturated rings. The van der Waals surface area contributed by atoms with E-state index >= 15 is 0 Å². The summed E-state index contributed by atoms with van der Waals surface area (Å²) in [5.41, 5.74) is 0.464. The topological polar surface area (TPSA) is 26.3 Å². The van der Waals surface area contributed by atoms with Crippen molar-refractivity contribution >= 4 is 5.97 Å². The molecule has 0 aromatic carbocycles. The third kappa shape index (κ3) is 1.57. The van der Waals surface area contributed by atoms with Crippen LogP contribution in [-0.2, 0) is 9.63 Å². The summed E-state index contributed by atoms with van der Waals surface area (Å²) in [6, 6.07) is 0. The largest absolute Gasteiger partial charge is 0.392 e. The van der Waals surface area contributed by atoms with Crippen LogP contribution < -0.4 is 0 Å². The summed E-state index contributed by atoms with van der Waals surface area (Å²) in [6.07, 6.45) is 0. The molecule has 0 saturated carbocycles. The van der Waals surface area contributed by atoms with Crippen molar-refractivity contribution in [3.8, 4) is 0 Å². The van der Waals surface area contributed by atoms with E-state index in [1.165, 1.54) is 0 Å². The predicted molar refractivity (Wildman–Crippen MR) is 36.8 cm³/mol. The monoisotopic (exact) mass is 142 g/mol. The second-order valence-corrected chi connectivity index (χ2v) is 2.90. The van der Waals surface area contributed by atoms with E-state index in [4.69, 9.17) is 4.84 Å². The Kier molecular flexibility index (Phi) is 1.52. The number of rotatable bonds is 2. The van der Waals surface area contributed by atoms with E-state index in [0.717, 1.165) is 13.1 Å². The molecule has 1 rings (SSSR count).